The summed E-state index contributed by atoms with van der Waals surface area (Å²) in [6.45, 7) is 0. The van der Waals surface area contributed by atoms with Crippen molar-refractivity contribution in [2.75, 3.05) is 0 Å². The van der Waals surface area contributed by atoms with Crippen LogP contribution in [-0.2, 0) is 5.33 Å². The molecule has 0 bridgehead atoms. The Morgan fingerprint density at radius 3 is 2.18 bits per heavy atom. The van der Waals surface area contributed by atoms with E-state index in [2.05, 4.69) is 15.9 Å². The third-order valence-corrected chi connectivity index (χ3v) is 3.02. The Balaban J connectivity index is 2.70. The van der Waals surface area contributed by atoms with Crippen LogP contribution in [0.25, 0.3) is 11.1 Å². The Hall–Kier alpha value is -1.29. The van der Waals surface area contributed by atoms with Crippen LogP contribution in [0.2, 0.25) is 0 Å². The van der Waals surface area contributed by atoms with Crippen LogP contribution < -0.4 is 0 Å². The molecule has 0 N–H and O–H groups in total. The number of alkyl halides is 1. The predicted molar refractivity (Wildman–Crippen MR) is 64.4 cm³/mol. The predicted octanol–water partition coefficient (Wildman–Crippen LogP) is 4.67. The van der Waals surface area contributed by atoms with E-state index < -0.39 is 17.5 Å². The lowest BCUT2D eigenvalue weighted by Crippen LogP contribution is -1.99. The summed E-state index contributed by atoms with van der Waals surface area (Å²) in [5.41, 5.74) is 0.0383. The maximum absolute atomic E-state index is 14.0. The van der Waals surface area contributed by atoms with Gasteiger partial charge in [-0.1, -0.05) is 46.3 Å². The van der Waals surface area contributed by atoms with Crippen molar-refractivity contribution in [3.63, 3.8) is 0 Å². The summed E-state index contributed by atoms with van der Waals surface area (Å²) in [7, 11) is 0. The minimum absolute atomic E-state index is 0.00474. The summed E-state index contributed by atoms with van der Waals surface area (Å²) in [5, 5.41) is 0.00474. The van der Waals surface area contributed by atoms with Crippen molar-refractivity contribution in [2.45, 2.75) is 5.33 Å². The van der Waals surface area contributed by atoms with Gasteiger partial charge in [-0.25, -0.2) is 13.2 Å². The zero-order valence-corrected chi connectivity index (χ0v) is 10.3. The highest BCUT2D eigenvalue weighted by Crippen LogP contribution is 2.30. The van der Waals surface area contributed by atoms with Gasteiger partial charge in [-0.05, 0) is 5.56 Å². The van der Waals surface area contributed by atoms with Gasteiger partial charge in [0.15, 0.2) is 0 Å². The van der Waals surface area contributed by atoms with Crippen molar-refractivity contribution < 1.29 is 13.2 Å². The first-order valence-corrected chi connectivity index (χ1v) is 6.05. The molecule has 88 valence electrons. The van der Waals surface area contributed by atoms with Gasteiger partial charge in [0.1, 0.15) is 17.5 Å². The highest BCUT2D eigenvalue weighted by atomic mass is 79.9. The van der Waals surface area contributed by atoms with Crippen molar-refractivity contribution in [2.24, 2.45) is 0 Å². The topological polar surface area (TPSA) is 0 Å². The molecule has 4 heteroatoms. The number of halogens is 4. The zero-order valence-electron chi connectivity index (χ0n) is 8.68. The second-order valence-corrected chi connectivity index (χ2v) is 4.07. The van der Waals surface area contributed by atoms with Gasteiger partial charge >= 0.3 is 0 Å². The standard InChI is InChI=1S/C13H8BrF3/c14-7-9-10(15)6-11(16)12(13(9)17)8-4-2-1-3-5-8/h1-6H,7H2. The molecule has 0 unspecified atom stereocenters. The summed E-state index contributed by atoms with van der Waals surface area (Å²) in [6, 6.07) is 8.96. The van der Waals surface area contributed by atoms with Crippen LogP contribution in [0.3, 0.4) is 0 Å². The Bertz CT molecular complexity index is 538. The van der Waals surface area contributed by atoms with Crippen LogP contribution in [0.5, 0.6) is 0 Å². The Kier molecular flexibility index (Phi) is 3.52. The van der Waals surface area contributed by atoms with Crippen LogP contribution >= 0.6 is 15.9 Å². The minimum atomic E-state index is -0.893. The first-order chi connectivity index (χ1) is 8.15. The molecule has 0 heterocycles. The van der Waals surface area contributed by atoms with Crippen molar-refractivity contribution in [1.29, 1.82) is 0 Å². The van der Waals surface area contributed by atoms with E-state index in [1.54, 1.807) is 30.3 Å². The van der Waals surface area contributed by atoms with E-state index in [0.29, 0.717) is 11.6 Å². The molecule has 2 aromatic carbocycles. The fourth-order valence-corrected chi connectivity index (χ4v) is 2.14. The van der Waals surface area contributed by atoms with Crippen LogP contribution in [0.4, 0.5) is 13.2 Å². The Morgan fingerprint density at radius 1 is 0.941 bits per heavy atom. The smallest absolute Gasteiger partial charge is 0.140 e. The second kappa shape index (κ2) is 4.92. The number of rotatable bonds is 2. The second-order valence-electron chi connectivity index (χ2n) is 3.51. The van der Waals surface area contributed by atoms with Gasteiger partial charge in [-0.2, -0.15) is 0 Å². The fourth-order valence-electron chi connectivity index (χ4n) is 1.62. The fraction of sp³-hybridized carbons (Fsp3) is 0.0769. The molecular weight excluding hydrogens is 293 g/mol. The van der Waals surface area contributed by atoms with Crippen molar-refractivity contribution in [3.05, 3.63) is 59.4 Å². The van der Waals surface area contributed by atoms with Gasteiger partial charge in [-0.3, -0.25) is 0 Å². The molecular formula is C13H8BrF3. The molecule has 0 atom stereocenters. The molecule has 0 radical (unpaired) electrons. The number of hydrogen-bond acceptors (Lipinski definition) is 0. The van der Waals surface area contributed by atoms with E-state index in [9.17, 15) is 13.2 Å². The monoisotopic (exact) mass is 300 g/mol. The van der Waals surface area contributed by atoms with Gasteiger partial charge in [-0.15, -0.1) is 0 Å². The molecule has 2 rings (SSSR count). The first-order valence-electron chi connectivity index (χ1n) is 4.93. The zero-order chi connectivity index (χ0) is 12.4. The summed E-state index contributed by atoms with van der Waals surface area (Å²) < 4.78 is 40.9. The van der Waals surface area contributed by atoms with Gasteiger partial charge in [0.2, 0.25) is 0 Å². The van der Waals surface area contributed by atoms with Gasteiger partial charge < -0.3 is 0 Å². The third-order valence-electron chi connectivity index (χ3n) is 2.46. The number of benzene rings is 2. The van der Waals surface area contributed by atoms with E-state index >= 15 is 0 Å². The molecule has 0 saturated heterocycles. The average Bonchev–Trinajstić information content (AvgIpc) is 2.30. The van der Waals surface area contributed by atoms with Gasteiger partial charge in [0, 0.05) is 17.0 Å². The summed E-state index contributed by atoms with van der Waals surface area (Å²) in [4.78, 5) is 0. The van der Waals surface area contributed by atoms with E-state index in [4.69, 9.17) is 0 Å². The third kappa shape index (κ3) is 2.22. The largest absolute Gasteiger partial charge is 0.206 e. The van der Waals surface area contributed by atoms with E-state index in [0.717, 1.165) is 0 Å². The highest BCUT2D eigenvalue weighted by Gasteiger charge is 2.18. The molecule has 0 saturated carbocycles. The molecule has 0 fully saturated rings. The molecule has 0 spiro atoms. The molecule has 0 aliphatic carbocycles. The summed E-state index contributed by atoms with van der Waals surface area (Å²) in [5.74, 6) is -2.63. The quantitative estimate of drug-likeness (QED) is 0.707. The van der Waals surface area contributed by atoms with E-state index in [-0.39, 0.29) is 16.5 Å². The SMILES string of the molecule is Fc1cc(F)c(-c2ccccc2)c(F)c1CBr. The van der Waals surface area contributed by atoms with Gasteiger partial charge in [0.05, 0.1) is 5.56 Å². The lowest BCUT2D eigenvalue weighted by atomic mass is 10.0. The lowest BCUT2D eigenvalue weighted by Gasteiger charge is -2.09. The van der Waals surface area contributed by atoms with Crippen LogP contribution in [0, 0.1) is 17.5 Å². The molecule has 0 aliphatic heterocycles. The van der Waals surface area contributed by atoms with Crippen molar-refractivity contribution in [3.8, 4) is 11.1 Å². The molecule has 0 aliphatic rings. The molecule has 0 amide bonds. The number of hydrogen-bond donors (Lipinski definition) is 0. The van der Waals surface area contributed by atoms with Crippen molar-refractivity contribution >= 4 is 15.9 Å². The highest BCUT2D eigenvalue weighted by molar-refractivity contribution is 9.08. The van der Waals surface area contributed by atoms with Crippen LogP contribution in [0.1, 0.15) is 5.56 Å². The molecule has 2 aromatic rings. The molecule has 0 nitrogen and oxygen atoms in total. The summed E-state index contributed by atoms with van der Waals surface area (Å²) in [6.07, 6.45) is 0. The van der Waals surface area contributed by atoms with Crippen LogP contribution in [0.15, 0.2) is 36.4 Å². The first kappa shape index (κ1) is 12.2. The normalized spacial score (nSPS) is 10.6. The minimum Gasteiger partial charge on any atom is -0.206 e. The lowest BCUT2D eigenvalue weighted by molar-refractivity contribution is 0.536. The van der Waals surface area contributed by atoms with Crippen LogP contribution in [-0.4, -0.2) is 0 Å². The Labute approximate surface area is 105 Å². The van der Waals surface area contributed by atoms with E-state index in [1.807, 2.05) is 0 Å². The van der Waals surface area contributed by atoms with E-state index in [1.165, 1.54) is 0 Å². The maximum atomic E-state index is 14.0. The van der Waals surface area contributed by atoms with Gasteiger partial charge in [0.25, 0.3) is 0 Å². The molecule has 0 aromatic heterocycles. The van der Waals surface area contributed by atoms with Crippen molar-refractivity contribution in [1.82, 2.24) is 0 Å². The molecule has 17 heavy (non-hydrogen) atoms. The average molecular weight is 301 g/mol. The Morgan fingerprint density at radius 2 is 1.59 bits per heavy atom. The maximum Gasteiger partial charge on any atom is 0.140 e. The summed E-state index contributed by atoms with van der Waals surface area (Å²) >= 11 is 2.99.